The molecule has 3 aliphatic rings. The molecule has 0 radical (unpaired) electrons. The number of hydrogen-bond acceptors (Lipinski definition) is 4. The highest BCUT2D eigenvalue weighted by Crippen LogP contribution is 2.26. The summed E-state index contributed by atoms with van der Waals surface area (Å²) in [6.45, 7) is 7.09. The van der Waals surface area contributed by atoms with E-state index in [1.807, 2.05) is 12.1 Å². The largest absolute Gasteiger partial charge is 0.378 e. The summed E-state index contributed by atoms with van der Waals surface area (Å²) in [5, 5.41) is 2.99. The molecule has 3 fully saturated rings. The van der Waals surface area contributed by atoms with Crippen LogP contribution in [0.4, 0.5) is 16.2 Å². The molecule has 142 valence electrons. The maximum Gasteiger partial charge on any atom is 0.321 e. The van der Waals surface area contributed by atoms with Gasteiger partial charge >= 0.3 is 6.03 Å². The lowest BCUT2D eigenvalue weighted by Gasteiger charge is -2.39. The number of morpholine rings is 1. The van der Waals surface area contributed by atoms with Crippen molar-refractivity contribution in [3.63, 3.8) is 0 Å². The molecule has 1 saturated carbocycles. The average molecular weight is 358 g/mol. The second kappa shape index (κ2) is 8.27. The maximum atomic E-state index is 12.3. The van der Waals surface area contributed by atoms with Crippen LogP contribution in [0.2, 0.25) is 0 Å². The Hall–Kier alpha value is -1.79. The number of carbonyl (C=O) groups is 1. The normalized spacial score (nSPS) is 22.6. The summed E-state index contributed by atoms with van der Waals surface area (Å²) in [7, 11) is 0. The van der Waals surface area contributed by atoms with Crippen LogP contribution in [0.5, 0.6) is 0 Å². The summed E-state index contributed by atoms with van der Waals surface area (Å²) in [5.74, 6) is 0. The fraction of sp³-hybridized carbons (Fsp3) is 0.650. The van der Waals surface area contributed by atoms with Crippen molar-refractivity contribution in [3.8, 4) is 0 Å². The summed E-state index contributed by atoms with van der Waals surface area (Å²) >= 11 is 0. The molecule has 2 heterocycles. The number of urea groups is 1. The number of rotatable bonds is 3. The molecule has 2 aliphatic heterocycles. The number of benzene rings is 1. The molecule has 0 atom stereocenters. The molecule has 26 heavy (non-hydrogen) atoms. The van der Waals surface area contributed by atoms with Gasteiger partial charge in [-0.1, -0.05) is 12.8 Å². The van der Waals surface area contributed by atoms with E-state index < -0.39 is 0 Å². The minimum atomic E-state index is -0.0359. The summed E-state index contributed by atoms with van der Waals surface area (Å²) in [6.07, 6.45) is 5.58. The van der Waals surface area contributed by atoms with Gasteiger partial charge in [-0.2, -0.15) is 0 Å². The fourth-order valence-corrected chi connectivity index (χ4v) is 4.34. The molecule has 6 nitrogen and oxygen atoms in total. The van der Waals surface area contributed by atoms with Gasteiger partial charge in [0, 0.05) is 56.7 Å². The van der Waals surface area contributed by atoms with Crippen molar-refractivity contribution in [2.45, 2.75) is 31.7 Å². The SMILES string of the molecule is O=C(Nc1ccc(N2CCN(C3CCCC3)CC2)cc1)N1CCOCC1. The average Bonchev–Trinajstić information content (AvgIpc) is 3.24. The van der Waals surface area contributed by atoms with Crippen LogP contribution < -0.4 is 10.2 Å². The Balaban J connectivity index is 1.28. The molecule has 2 amide bonds. The van der Waals surface area contributed by atoms with Crippen LogP contribution in [-0.4, -0.2) is 74.4 Å². The zero-order valence-corrected chi connectivity index (χ0v) is 15.5. The molecule has 0 spiro atoms. The Morgan fingerprint density at radius 2 is 1.58 bits per heavy atom. The van der Waals surface area contributed by atoms with Crippen LogP contribution >= 0.6 is 0 Å². The number of nitrogens with one attached hydrogen (secondary N) is 1. The second-order valence-electron chi connectivity index (χ2n) is 7.54. The van der Waals surface area contributed by atoms with Crippen molar-refractivity contribution in [2.75, 3.05) is 62.7 Å². The van der Waals surface area contributed by atoms with Crippen LogP contribution in [0.3, 0.4) is 0 Å². The molecule has 1 aromatic rings. The van der Waals surface area contributed by atoms with E-state index in [2.05, 4.69) is 27.2 Å². The third-order valence-corrected chi connectivity index (χ3v) is 5.94. The van der Waals surface area contributed by atoms with Crippen molar-refractivity contribution in [2.24, 2.45) is 0 Å². The highest BCUT2D eigenvalue weighted by atomic mass is 16.5. The van der Waals surface area contributed by atoms with Gasteiger partial charge < -0.3 is 19.9 Å². The van der Waals surface area contributed by atoms with Gasteiger partial charge in [0.05, 0.1) is 13.2 Å². The topological polar surface area (TPSA) is 48.1 Å². The highest BCUT2D eigenvalue weighted by Gasteiger charge is 2.26. The molecule has 6 heteroatoms. The van der Waals surface area contributed by atoms with E-state index in [4.69, 9.17) is 4.74 Å². The molecular weight excluding hydrogens is 328 g/mol. The zero-order valence-electron chi connectivity index (χ0n) is 15.5. The molecule has 1 aliphatic carbocycles. The van der Waals surface area contributed by atoms with Gasteiger partial charge in [0.15, 0.2) is 0 Å². The summed E-state index contributed by atoms with van der Waals surface area (Å²) in [6, 6.07) is 9.06. The summed E-state index contributed by atoms with van der Waals surface area (Å²) in [4.78, 5) is 19.2. The van der Waals surface area contributed by atoms with Crippen LogP contribution in [0.1, 0.15) is 25.7 Å². The molecule has 1 aromatic carbocycles. The minimum absolute atomic E-state index is 0.0359. The Bertz CT molecular complexity index is 586. The first kappa shape index (κ1) is 17.6. The lowest BCUT2D eigenvalue weighted by molar-refractivity contribution is 0.0564. The van der Waals surface area contributed by atoms with Gasteiger partial charge in [0.25, 0.3) is 0 Å². The molecule has 4 rings (SSSR count). The molecule has 0 bridgehead atoms. The highest BCUT2D eigenvalue weighted by molar-refractivity contribution is 5.89. The first-order chi connectivity index (χ1) is 12.8. The predicted molar refractivity (Wildman–Crippen MR) is 104 cm³/mol. The third-order valence-electron chi connectivity index (χ3n) is 5.94. The Labute approximate surface area is 156 Å². The van der Waals surface area contributed by atoms with Crippen LogP contribution in [0.15, 0.2) is 24.3 Å². The number of piperazine rings is 1. The van der Waals surface area contributed by atoms with Gasteiger partial charge in [0.2, 0.25) is 0 Å². The van der Waals surface area contributed by atoms with Crippen molar-refractivity contribution in [1.29, 1.82) is 0 Å². The van der Waals surface area contributed by atoms with Crippen molar-refractivity contribution >= 4 is 17.4 Å². The van der Waals surface area contributed by atoms with E-state index in [1.54, 1.807) is 4.90 Å². The summed E-state index contributed by atoms with van der Waals surface area (Å²) < 4.78 is 5.29. The number of ether oxygens (including phenoxy) is 1. The molecular formula is C20H30N4O2. The van der Waals surface area contributed by atoms with Crippen molar-refractivity contribution < 1.29 is 9.53 Å². The number of carbonyl (C=O) groups excluding carboxylic acids is 1. The second-order valence-corrected chi connectivity index (χ2v) is 7.54. The van der Waals surface area contributed by atoms with Crippen LogP contribution in [0, 0.1) is 0 Å². The third kappa shape index (κ3) is 4.13. The number of anilines is 2. The van der Waals surface area contributed by atoms with Crippen LogP contribution in [-0.2, 0) is 4.74 Å². The quantitative estimate of drug-likeness (QED) is 0.902. The Morgan fingerprint density at radius 3 is 2.23 bits per heavy atom. The lowest BCUT2D eigenvalue weighted by Crippen LogP contribution is -2.49. The molecule has 2 saturated heterocycles. The summed E-state index contributed by atoms with van der Waals surface area (Å²) in [5.41, 5.74) is 2.11. The first-order valence-electron chi connectivity index (χ1n) is 10.0. The van der Waals surface area contributed by atoms with E-state index in [1.165, 1.54) is 44.5 Å². The monoisotopic (exact) mass is 358 g/mol. The number of nitrogens with zero attached hydrogens (tertiary/aromatic N) is 3. The fourth-order valence-electron chi connectivity index (χ4n) is 4.34. The van der Waals surface area contributed by atoms with Gasteiger partial charge in [0.1, 0.15) is 0 Å². The van der Waals surface area contributed by atoms with Gasteiger partial charge in [-0.3, -0.25) is 4.90 Å². The number of amides is 2. The van der Waals surface area contributed by atoms with Crippen LogP contribution in [0.25, 0.3) is 0 Å². The molecule has 0 aromatic heterocycles. The van der Waals surface area contributed by atoms with E-state index in [0.29, 0.717) is 26.3 Å². The van der Waals surface area contributed by atoms with Gasteiger partial charge in [-0.05, 0) is 37.1 Å². The smallest absolute Gasteiger partial charge is 0.321 e. The van der Waals surface area contributed by atoms with Gasteiger partial charge in [-0.15, -0.1) is 0 Å². The molecule has 0 unspecified atom stereocenters. The van der Waals surface area contributed by atoms with Crippen molar-refractivity contribution in [3.05, 3.63) is 24.3 Å². The first-order valence-corrected chi connectivity index (χ1v) is 10.0. The number of hydrogen-bond donors (Lipinski definition) is 1. The van der Waals surface area contributed by atoms with E-state index in [-0.39, 0.29) is 6.03 Å². The Kier molecular flexibility index (Phi) is 5.60. The van der Waals surface area contributed by atoms with Gasteiger partial charge in [-0.25, -0.2) is 4.79 Å². The van der Waals surface area contributed by atoms with Crippen molar-refractivity contribution in [1.82, 2.24) is 9.80 Å². The lowest BCUT2D eigenvalue weighted by atomic mass is 10.1. The van der Waals surface area contributed by atoms with E-state index in [0.717, 1.165) is 24.8 Å². The Morgan fingerprint density at radius 1 is 0.923 bits per heavy atom. The standard InChI is InChI=1S/C20H30N4O2/c25-20(24-13-15-26-16-14-24)21-17-5-7-19(8-6-17)23-11-9-22(10-12-23)18-3-1-2-4-18/h5-8,18H,1-4,9-16H2,(H,21,25). The predicted octanol–water partition coefficient (Wildman–Crippen LogP) is 2.62. The van der Waals surface area contributed by atoms with E-state index in [9.17, 15) is 4.79 Å². The maximum absolute atomic E-state index is 12.3. The van der Waals surface area contributed by atoms with E-state index >= 15 is 0 Å². The minimum Gasteiger partial charge on any atom is -0.378 e. The molecule has 1 N–H and O–H groups in total. The zero-order chi connectivity index (χ0) is 17.8.